The van der Waals surface area contributed by atoms with Crippen molar-refractivity contribution in [2.75, 3.05) is 5.75 Å². The number of ketones is 1. The number of nitrogens with zero attached hydrogens (tertiary/aromatic N) is 4. The first-order chi connectivity index (χ1) is 12.1. The first-order valence-electron chi connectivity index (χ1n) is 8.40. The summed E-state index contributed by atoms with van der Waals surface area (Å²) in [7, 11) is 0. The van der Waals surface area contributed by atoms with Crippen LogP contribution in [0.1, 0.15) is 35.1 Å². The summed E-state index contributed by atoms with van der Waals surface area (Å²) in [5.74, 6) is 0.477. The van der Waals surface area contributed by atoms with Gasteiger partial charge in [0, 0.05) is 29.2 Å². The number of thioether (sulfide) groups is 1. The van der Waals surface area contributed by atoms with Gasteiger partial charge in [-0.25, -0.2) is 0 Å². The number of aryl methyl sites for hydroxylation is 1. The van der Waals surface area contributed by atoms with Gasteiger partial charge in [0.15, 0.2) is 10.9 Å². The van der Waals surface area contributed by atoms with Crippen molar-refractivity contribution in [2.24, 2.45) is 0 Å². The van der Waals surface area contributed by atoms with Crippen molar-refractivity contribution in [3.05, 3.63) is 59.7 Å². The molecular weight excluding hydrogens is 332 g/mol. The Bertz CT molecular complexity index is 867. The summed E-state index contributed by atoms with van der Waals surface area (Å²) in [6.07, 6.45) is 2.73. The fourth-order valence-corrected chi connectivity index (χ4v) is 3.76. The number of hydrogen-bond acceptors (Lipinski definition) is 4. The molecule has 0 radical (unpaired) electrons. The predicted molar refractivity (Wildman–Crippen MR) is 101 cm³/mol. The molecule has 0 aliphatic rings. The van der Waals surface area contributed by atoms with Crippen molar-refractivity contribution in [1.29, 1.82) is 0 Å². The Morgan fingerprint density at radius 2 is 1.96 bits per heavy atom. The van der Waals surface area contributed by atoms with Crippen molar-refractivity contribution in [2.45, 2.75) is 38.9 Å². The second-order valence-electron chi connectivity index (χ2n) is 5.97. The SMILES string of the molecule is CCCn1c(C)cc(C(=O)CSc2nncn2-c2ccccc2)c1C. The van der Waals surface area contributed by atoms with E-state index in [2.05, 4.69) is 28.6 Å². The smallest absolute Gasteiger partial charge is 0.196 e. The van der Waals surface area contributed by atoms with Crippen LogP contribution in [-0.4, -0.2) is 30.9 Å². The first kappa shape index (κ1) is 17.5. The van der Waals surface area contributed by atoms with Crippen LogP contribution < -0.4 is 0 Å². The maximum absolute atomic E-state index is 12.7. The van der Waals surface area contributed by atoms with E-state index in [1.54, 1.807) is 6.33 Å². The van der Waals surface area contributed by atoms with Crippen LogP contribution in [0.2, 0.25) is 0 Å². The second kappa shape index (κ2) is 7.70. The molecule has 6 heteroatoms. The molecule has 3 rings (SSSR count). The van der Waals surface area contributed by atoms with E-state index in [0.29, 0.717) is 5.75 Å². The Labute approximate surface area is 152 Å². The standard InChI is InChI=1S/C19H22N4OS/c1-4-10-22-14(2)11-17(15(22)3)18(24)12-25-19-21-20-13-23(19)16-8-6-5-7-9-16/h5-9,11,13H,4,10,12H2,1-3H3. The molecule has 0 N–H and O–H groups in total. The first-order valence-corrected chi connectivity index (χ1v) is 9.38. The van der Waals surface area contributed by atoms with Crippen LogP contribution in [0.4, 0.5) is 0 Å². The Hall–Kier alpha value is -2.34. The molecule has 2 heterocycles. The molecule has 130 valence electrons. The van der Waals surface area contributed by atoms with Crippen LogP contribution in [0.3, 0.4) is 0 Å². The monoisotopic (exact) mass is 354 g/mol. The Kier molecular flexibility index (Phi) is 5.38. The average Bonchev–Trinajstić information content (AvgIpc) is 3.20. The van der Waals surface area contributed by atoms with Crippen molar-refractivity contribution in [3.8, 4) is 5.69 Å². The lowest BCUT2D eigenvalue weighted by molar-refractivity contribution is 0.102. The van der Waals surface area contributed by atoms with Gasteiger partial charge in [0.1, 0.15) is 6.33 Å². The highest BCUT2D eigenvalue weighted by Gasteiger charge is 2.17. The van der Waals surface area contributed by atoms with E-state index >= 15 is 0 Å². The maximum atomic E-state index is 12.7. The van der Waals surface area contributed by atoms with E-state index in [9.17, 15) is 4.79 Å². The Morgan fingerprint density at radius 1 is 1.20 bits per heavy atom. The topological polar surface area (TPSA) is 52.7 Å². The van der Waals surface area contributed by atoms with E-state index < -0.39 is 0 Å². The van der Waals surface area contributed by atoms with Gasteiger partial charge in [0.05, 0.1) is 5.75 Å². The van der Waals surface area contributed by atoms with Crippen molar-refractivity contribution < 1.29 is 4.79 Å². The van der Waals surface area contributed by atoms with Crippen LogP contribution in [0, 0.1) is 13.8 Å². The zero-order chi connectivity index (χ0) is 17.8. The predicted octanol–water partition coefficient (Wildman–Crippen LogP) is 4.07. The van der Waals surface area contributed by atoms with Gasteiger partial charge in [-0.3, -0.25) is 9.36 Å². The van der Waals surface area contributed by atoms with Crippen molar-refractivity contribution >= 4 is 17.5 Å². The molecule has 0 aliphatic carbocycles. The molecule has 0 spiro atoms. The molecule has 0 atom stereocenters. The number of para-hydroxylation sites is 1. The van der Waals surface area contributed by atoms with Gasteiger partial charge in [0.25, 0.3) is 0 Å². The molecule has 3 aromatic rings. The minimum Gasteiger partial charge on any atom is -0.348 e. The lowest BCUT2D eigenvalue weighted by Crippen LogP contribution is -2.07. The Morgan fingerprint density at radius 3 is 2.68 bits per heavy atom. The number of carbonyl (C=O) groups excluding carboxylic acids is 1. The number of Topliss-reactive ketones (excluding diaryl/α,β-unsaturated/α-hetero) is 1. The highest BCUT2D eigenvalue weighted by atomic mass is 32.2. The van der Waals surface area contributed by atoms with E-state index in [-0.39, 0.29) is 5.78 Å². The third-order valence-corrected chi connectivity index (χ3v) is 5.15. The number of benzene rings is 1. The van der Waals surface area contributed by atoms with Gasteiger partial charge in [-0.05, 0) is 38.5 Å². The Balaban J connectivity index is 1.74. The summed E-state index contributed by atoms with van der Waals surface area (Å²) in [6, 6.07) is 11.9. The highest BCUT2D eigenvalue weighted by molar-refractivity contribution is 7.99. The van der Waals surface area contributed by atoms with E-state index in [4.69, 9.17) is 0 Å². The molecule has 0 bridgehead atoms. The van der Waals surface area contributed by atoms with E-state index in [1.165, 1.54) is 11.8 Å². The highest BCUT2D eigenvalue weighted by Crippen LogP contribution is 2.23. The van der Waals surface area contributed by atoms with Crippen LogP contribution >= 0.6 is 11.8 Å². The molecule has 0 aliphatic heterocycles. The summed E-state index contributed by atoms with van der Waals surface area (Å²) in [5, 5.41) is 8.86. The summed E-state index contributed by atoms with van der Waals surface area (Å²) in [6.45, 7) is 7.17. The average molecular weight is 354 g/mol. The fraction of sp³-hybridized carbons (Fsp3) is 0.316. The largest absolute Gasteiger partial charge is 0.348 e. The summed E-state index contributed by atoms with van der Waals surface area (Å²) in [4.78, 5) is 12.7. The number of carbonyl (C=O) groups is 1. The molecule has 0 amide bonds. The van der Waals surface area contributed by atoms with Gasteiger partial charge in [-0.15, -0.1) is 10.2 Å². The third-order valence-electron chi connectivity index (χ3n) is 4.20. The fourth-order valence-electron chi connectivity index (χ4n) is 2.95. The second-order valence-corrected chi connectivity index (χ2v) is 6.91. The minimum atomic E-state index is 0.128. The molecule has 0 saturated carbocycles. The summed E-state index contributed by atoms with van der Waals surface area (Å²) in [5.41, 5.74) is 3.99. The lowest BCUT2D eigenvalue weighted by Gasteiger charge is -2.08. The van der Waals surface area contributed by atoms with Crippen LogP contribution in [0.5, 0.6) is 0 Å². The van der Waals surface area contributed by atoms with Crippen molar-refractivity contribution in [3.63, 3.8) is 0 Å². The van der Waals surface area contributed by atoms with E-state index in [0.717, 1.165) is 40.8 Å². The molecular formula is C19H22N4OS. The maximum Gasteiger partial charge on any atom is 0.196 e. The van der Waals surface area contributed by atoms with Gasteiger partial charge < -0.3 is 4.57 Å². The van der Waals surface area contributed by atoms with Gasteiger partial charge in [-0.1, -0.05) is 36.9 Å². The minimum absolute atomic E-state index is 0.128. The van der Waals surface area contributed by atoms with Crippen molar-refractivity contribution in [1.82, 2.24) is 19.3 Å². The summed E-state index contributed by atoms with van der Waals surface area (Å²) < 4.78 is 4.11. The van der Waals surface area contributed by atoms with Crippen LogP contribution in [0.15, 0.2) is 47.9 Å². The molecule has 1 aromatic carbocycles. The zero-order valence-corrected chi connectivity index (χ0v) is 15.6. The van der Waals surface area contributed by atoms with Crippen LogP contribution in [0.25, 0.3) is 5.69 Å². The molecule has 2 aromatic heterocycles. The molecule has 25 heavy (non-hydrogen) atoms. The molecule has 0 fully saturated rings. The quantitative estimate of drug-likeness (QED) is 0.474. The third kappa shape index (κ3) is 3.69. The van der Waals surface area contributed by atoms with Gasteiger partial charge >= 0.3 is 0 Å². The lowest BCUT2D eigenvalue weighted by atomic mass is 10.2. The number of hydrogen-bond donors (Lipinski definition) is 0. The van der Waals surface area contributed by atoms with E-state index in [1.807, 2.05) is 47.9 Å². The normalized spacial score (nSPS) is 11.0. The molecule has 0 unspecified atom stereocenters. The summed E-state index contributed by atoms with van der Waals surface area (Å²) >= 11 is 1.42. The molecule has 0 saturated heterocycles. The zero-order valence-electron chi connectivity index (χ0n) is 14.8. The molecule has 5 nitrogen and oxygen atoms in total. The van der Waals surface area contributed by atoms with Gasteiger partial charge in [0.2, 0.25) is 0 Å². The van der Waals surface area contributed by atoms with Crippen LogP contribution in [-0.2, 0) is 6.54 Å². The number of rotatable bonds is 7. The number of aromatic nitrogens is 4. The van der Waals surface area contributed by atoms with Gasteiger partial charge in [-0.2, -0.15) is 0 Å².